The quantitative estimate of drug-likeness (QED) is 0.350. The van der Waals surface area contributed by atoms with Gasteiger partial charge in [-0.05, 0) is 25.9 Å². The Hall–Kier alpha value is -3.08. The average molecular weight is 449 g/mol. The maximum atomic E-state index is 12.0. The third-order valence-electron chi connectivity index (χ3n) is 4.80. The van der Waals surface area contributed by atoms with E-state index in [-0.39, 0.29) is 16.8 Å². The monoisotopic (exact) mass is 449 g/mol. The molecule has 2 heterocycles. The van der Waals surface area contributed by atoms with E-state index in [0.717, 1.165) is 32.0 Å². The van der Waals surface area contributed by atoms with E-state index in [0.29, 0.717) is 11.3 Å². The first-order chi connectivity index (χ1) is 14.7. The molecule has 0 bridgehead atoms. The van der Waals surface area contributed by atoms with Gasteiger partial charge in [0.1, 0.15) is 22.6 Å². The average Bonchev–Trinajstić information content (AvgIpc) is 2.72. The van der Waals surface area contributed by atoms with Crippen molar-refractivity contribution in [1.82, 2.24) is 4.90 Å². The summed E-state index contributed by atoms with van der Waals surface area (Å²) >= 11 is 0. The minimum Gasteiger partial charge on any atom is -0.504 e. The molecule has 0 aliphatic carbocycles. The second-order valence-corrected chi connectivity index (χ2v) is 8.62. The summed E-state index contributed by atoms with van der Waals surface area (Å²) in [6, 6.07) is 11.3. The molecule has 1 aromatic heterocycles. The first-order valence-corrected chi connectivity index (χ1v) is 11.2. The summed E-state index contributed by atoms with van der Waals surface area (Å²) in [7, 11) is -3.80. The van der Waals surface area contributed by atoms with Gasteiger partial charge in [0, 0.05) is 17.7 Å². The second kappa shape index (κ2) is 9.38. The molecular weight excluding hydrogens is 426 g/mol. The summed E-state index contributed by atoms with van der Waals surface area (Å²) in [6.45, 7) is 1.58. The van der Waals surface area contributed by atoms with Gasteiger partial charge in [0.25, 0.3) is 10.1 Å². The lowest BCUT2D eigenvalue weighted by Gasteiger charge is -2.24. The number of hydrogen-bond acceptors (Lipinski definition) is 8. The molecule has 9 nitrogen and oxygen atoms in total. The van der Waals surface area contributed by atoms with E-state index < -0.39 is 32.8 Å². The molecule has 0 radical (unpaired) electrons. The van der Waals surface area contributed by atoms with E-state index in [1.165, 1.54) is 12.5 Å². The fourth-order valence-electron chi connectivity index (χ4n) is 3.34. The van der Waals surface area contributed by atoms with Crippen LogP contribution in [-0.4, -0.2) is 52.2 Å². The molecule has 4 N–H and O–H groups in total. The zero-order valence-electron chi connectivity index (χ0n) is 16.6. The normalized spacial score (nSPS) is 14.7. The van der Waals surface area contributed by atoms with Gasteiger partial charge in [-0.1, -0.05) is 36.8 Å². The van der Waals surface area contributed by atoms with Gasteiger partial charge in [-0.3, -0.25) is 14.2 Å². The second-order valence-electron chi connectivity index (χ2n) is 7.20. The van der Waals surface area contributed by atoms with Crippen LogP contribution < -0.4 is 5.43 Å². The zero-order valence-corrected chi connectivity index (χ0v) is 17.4. The van der Waals surface area contributed by atoms with Crippen molar-refractivity contribution >= 4 is 21.1 Å². The van der Waals surface area contributed by atoms with Crippen LogP contribution in [0.2, 0.25) is 0 Å². The largest absolute Gasteiger partial charge is 0.504 e. The number of nitrogens with zero attached hydrogens (tertiary/aromatic N) is 1. The van der Waals surface area contributed by atoms with Gasteiger partial charge in [0.2, 0.25) is 5.75 Å². The van der Waals surface area contributed by atoms with E-state index in [9.17, 15) is 28.5 Å². The molecule has 31 heavy (non-hydrogen) atoms. The number of rotatable bonds is 3. The van der Waals surface area contributed by atoms with Crippen molar-refractivity contribution in [3.05, 3.63) is 52.7 Å². The predicted molar refractivity (Wildman–Crippen MR) is 115 cm³/mol. The minimum atomic E-state index is -3.80. The molecule has 1 aliphatic rings. The molecule has 10 heteroatoms. The highest BCUT2D eigenvalue weighted by molar-refractivity contribution is 7.85. The summed E-state index contributed by atoms with van der Waals surface area (Å²) in [5.41, 5.74) is 0.195. The first-order valence-electron chi connectivity index (χ1n) is 9.60. The predicted octanol–water partition coefficient (Wildman–Crippen LogP) is 2.89. The summed E-state index contributed by atoms with van der Waals surface area (Å²) in [5.74, 6) is -1.87. The molecule has 0 amide bonds. The summed E-state index contributed by atoms with van der Waals surface area (Å²) in [4.78, 5) is 13.8. The van der Waals surface area contributed by atoms with Crippen LogP contribution in [0.1, 0.15) is 19.3 Å². The lowest BCUT2D eigenvalue weighted by molar-refractivity contribution is 0.254. The minimum absolute atomic E-state index is 0.00385. The number of benzene rings is 2. The number of phenolic OH excluding ortho intramolecular Hbond substituents is 3. The Kier molecular flexibility index (Phi) is 6.84. The molecule has 1 fully saturated rings. The van der Waals surface area contributed by atoms with Gasteiger partial charge in [-0.15, -0.1) is 0 Å². The Morgan fingerprint density at radius 2 is 1.58 bits per heavy atom. The van der Waals surface area contributed by atoms with E-state index in [1.54, 1.807) is 29.2 Å². The highest BCUT2D eigenvalue weighted by Gasteiger charge is 2.17. The van der Waals surface area contributed by atoms with Gasteiger partial charge >= 0.3 is 0 Å². The third-order valence-corrected chi connectivity index (χ3v) is 5.49. The van der Waals surface area contributed by atoms with Crippen molar-refractivity contribution in [2.24, 2.45) is 0 Å². The van der Waals surface area contributed by atoms with Crippen LogP contribution in [0.5, 0.6) is 17.2 Å². The molecule has 0 saturated carbocycles. The highest BCUT2D eigenvalue weighted by Crippen LogP contribution is 2.40. The smallest absolute Gasteiger partial charge is 0.278 e. The van der Waals surface area contributed by atoms with E-state index >= 15 is 0 Å². The standard InChI is InChI=1S/C15H10O5.C6H13NO3S/c16-9-6-11(8-4-2-1-3-5-8)20-12-7-10(17)14(18)15(19)13(9)12;8-11(9,10)6-7-4-2-1-3-5-7/h1-7,17-19H;1-6H2,(H,8,9,10). The zero-order chi connectivity index (χ0) is 22.6. The van der Waals surface area contributed by atoms with Gasteiger partial charge in [-0.2, -0.15) is 8.42 Å². The van der Waals surface area contributed by atoms with Crippen molar-refractivity contribution in [2.75, 3.05) is 19.0 Å². The molecular formula is C21H23NO8S. The lowest BCUT2D eigenvalue weighted by atomic mass is 10.1. The molecule has 0 spiro atoms. The van der Waals surface area contributed by atoms with Crippen LogP contribution in [0.15, 0.2) is 51.7 Å². The van der Waals surface area contributed by atoms with Crippen LogP contribution in [0, 0.1) is 0 Å². The fourth-order valence-corrected chi connectivity index (χ4v) is 4.06. The maximum absolute atomic E-state index is 12.0. The van der Waals surface area contributed by atoms with Gasteiger partial charge in [0.05, 0.1) is 0 Å². The van der Waals surface area contributed by atoms with Crippen molar-refractivity contribution in [1.29, 1.82) is 0 Å². The van der Waals surface area contributed by atoms with Crippen LogP contribution in [-0.2, 0) is 10.1 Å². The molecule has 4 rings (SSSR count). The molecule has 3 aromatic rings. The van der Waals surface area contributed by atoms with Gasteiger partial charge in [-0.25, -0.2) is 0 Å². The van der Waals surface area contributed by atoms with Crippen LogP contribution in [0.3, 0.4) is 0 Å². The van der Waals surface area contributed by atoms with Crippen molar-refractivity contribution in [2.45, 2.75) is 19.3 Å². The van der Waals surface area contributed by atoms with E-state index in [1.807, 2.05) is 6.07 Å². The molecule has 0 atom stereocenters. The van der Waals surface area contributed by atoms with Crippen molar-refractivity contribution in [3.8, 4) is 28.6 Å². The van der Waals surface area contributed by atoms with Crippen LogP contribution in [0.4, 0.5) is 0 Å². The Morgan fingerprint density at radius 1 is 0.935 bits per heavy atom. The van der Waals surface area contributed by atoms with Gasteiger partial charge in [0.15, 0.2) is 16.9 Å². The summed E-state index contributed by atoms with van der Waals surface area (Å²) < 4.78 is 34.8. The number of aromatic hydroxyl groups is 3. The molecule has 1 aliphatic heterocycles. The highest BCUT2D eigenvalue weighted by atomic mass is 32.2. The fraction of sp³-hybridized carbons (Fsp3) is 0.286. The summed E-state index contributed by atoms with van der Waals surface area (Å²) in [6.07, 6.45) is 3.24. The molecule has 1 saturated heterocycles. The Balaban J connectivity index is 0.000000210. The molecule has 166 valence electrons. The van der Waals surface area contributed by atoms with Crippen molar-refractivity contribution < 1.29 is 32.7 Å². The van der Waals surface area contributed by atoms with E-state index in [2.05, 4.69) is 0 Å². The SMILES string of the molecule is O=S(=O)(O)CN1CCCCC1.O=c1cc(-c2ccccc2)oc2cc(O)c(O)c(O)c12. The number of fused-ring (bicyclic) bond motifs is 1. The number of likely N-dealkylation sites (tertiary alicyclic amines) is 1. The Morgan fingerprint density at radius 3 is 2.19 bits per heavy atom. The first kappa shape index (κ1) is 22.6. The van der Waals surface area contributed by atoms with E-state index in [4.69, 9.17) is 8.97 Å². The Bertz CT molecular complexity index is 1220. The number of piperidine rings is 1. The van der Waals surface area contributed by atoms with Crippen LogP contribution >= 0.6 is 0 Å². The number of hydrogen-bond donors (Lipinski definition) is 4. The number of phenols is 3. The molecule has 0 unspecified atom stereocenters. The topological polar surface area (TPSA) is 149 Å². The lowest BCUT2D eigenvalue weighted by Crippen LogP contribution is -2.34. The molecule has 2 aromatic carbocycles. The summed E-state index contributed by atoms with van der Waals surface area (Å²) in [5, 5.41) is 28.5. The van der Waals surface area contributed by atoms with Gasteiger partial charge < -0.3 is 19.7 Å². The Labute approximate surface area is 178 Å². The van der Waals surface area contributed by atoms with Crippen molar-refractivity contribution in [3.63, 3.8) is 0 Å². The third kappa shape index (κ3) is 5.75. The maximum Gasteiger partial charge on any atom is 0.278 e. The van der Waals surface area contributed by atoms with Crippen LogP contribution in [0.25, 0.3) is 22.3 Å².